The molecule has 5 heteroatoms. The number of nitrogens with one attached hydrogen (secondary N) is 1. The quantitative estimate of drug-likeness (QED) is 0.877. The number of hydrogen-bond acceptors (Lipinski definition) is 4. The smallest absolute Gasteiger partial charge is 0.181 e. The summed E-state index contributed by atoms with van der Waals surface area (Å²) in [7, 11) is 0. The van der Waals surface area contributed by atoms with Crippen molar-refractivity contribution in [1.29, 1.82) is 0 Å². The molecule has 1 fully saturated rings. The van der Waals surface area contributed by atoms with E-state index < -0.39 is 0 Å². The van der Waals surface area contributed by atoms with Crippen LogP contribution < -0.4 is 0 Å². The summed E-state index contributed by atoms with van der Waals surface area (Å²) in [5.41, 5.74) is 1.81. The van der Waals surface area contributed by atoms with Gasteiger partial charge in [0.25, 0.3) is 0 Å². The van der Waals surface area contributed by atoms with Gasteiger partial charge in [0.1, 0.15) is 6.10 Å². The summed E-state index contributed by atoms with van der Waals surface area (Å²) in [6, 6.07) is 4.52. The molecule has 1 unspecified atom stereocenters. The fourth-order valence-electron chi connectivity index (χ4n) is 2.43. The van der Waals surface area contributed by atoms with E-state index in [0.29, 0.717) is 6.04 Å². The van der Waals surface area contributed by atoms with Crippen LogP contribution in [-0.2, 0) is 4.74 Å². The van der Waals surface area contributed by atoms with Crippen molar-refractivity contribution < 1.29 is 4.74 Å². The van der Waals surface area contributed by atoms with Crippen LogP contribution in [0.15, 0.2) is 18.3 Å². The highest BCUT2D eigenvalue weighted by molar-refractivity contribution is 5.77. The van der Waals surface area contributed by atoms with Crippen LogP contribution in [0.3, 0.4) is 0 Å². The van der Waals surface area contributed by atoms with Crippen molar-refractivity contribution in [1.82, 2.24) is 20.1 Å². The largest absolute Gasteiger partial charge is 0.369 e. The molecule has 0 amide bonds. The summed E-state index contributed by atoms with van der Waals surface area (Å²) >= 11 is 0. The molecule has 0 saturated carbocycles. The molecule has 0 bridgehead atoms. The van der Waals surface area contributed by atoms with Gasteiger partial charge in [0.15, 0.2) is 5.65 Å². The Morgan fingerprint density at radius 3 is 3.22 bits per heavy atom. The van der Waals surface area contributed by atoms with Gasteiger partial charge in [0, 0.05) is 30.7 Å². The van der Waals surface area contributed by atoms with E-state index in [9.17, 15) is 0 Å². The molecule has 1 saturated heterocycles. The van der Waals surface area contributed by atoms with Gasteiger partial charge in [0.05, 0.1) is 12.3 Å². The van der Waals surface area contributed by atoms with E-state index in [1.54, 1.807) is 6.20 Å². The molecule has 1 aliphatic heterocycles. The lowest BCUT2D eigenvalue weighted by molar-refractivity contribution is -0.0415. The zero-order valence-electron chi connectivity index (χ0n) is 10.8. The Balaban J connectivity index is 1.90. The minimum absolute atomic E-state index is 0.0651. The van der Waals surface area contributed by atoms with E-state index in [1.165, 1.54) is 0 Å². The third kappa shape index (κ3) is 2.00. The van der Waals surface area contributed by atoms with Gasteiger partial charge in [-0.15, -0.1) is 0 Å². The van der Waals surface area contributed by atoms with Crippen LogP contribution in [0.2, 0.25) is 0 Å². The number of ether oxygens (including phenoxy) is 1. The molecule has 0 radical (unpaired) electrons. The van der Waals surface area contributed by atoms with Gasteiger partial charge in [0.2, 0.25) is 0 Å². The van der Waals surface area contributed by atoms with E-state index in [1.807, 2.05) is 12.1 Å². The molecule has 5 nitrogen and oxygen atoms in total. The molecule has 1 N–H and O–H groups in total. The lowest BCUT2D eigenvalue weighted by atomic mass is 10.1. The van der Waals surface area contributed by atoms with E-state index in [4.69, 9.17) is 4.74 Å². The summed E-state index contributed by atoms with van der Waals surface area (Å²) in [6.07, 6.45) is 1.82. The molecular formula is C13H18N4O. The highest BCUT2D eigenvalue weighted by Crippen LogP contribution is 2.26. The van der Waals surface area contributed by atoms with Crippen molar-refractivity contribution in [2.24, 2.45) is 0 Å². The summed E-state index contributed by atoms with van der Waals surface area (Å²) in [6.45, 7) is 7.11. The molecule has 0 aromatic carbocycles. The number of hydrogen-bond donors (Lipinski definition) is 1. The first-order valence-corrected chi connectivity index (χ1v) is 6.40. The number of H-pyrrole nitrogens is 1. The van der Waals surface area contributed by atoms with Gasteiger partial charge >= 0.3 is 0 Å². The Hall–Kier alpha value is -1.46. The molecule has 0 spiro atoms. The molecule has 2 aromatic rings. The first-order valence-electron chi connectivity index (χ1n) is 6.40. The lowest BCUT2D eigenvalue weighted by Gasteiger charge is -2.35. The summed E-state index contributed by atoms with van der Waals surface area (Å²) < 4.78 is 5.87. The van der Waals surface area contributed by atoms with Crippen molar-refractivity contribution >= 4 is 11.0 Å². The number of nitrogens with zero attached hydrogens (tertiary/aromatic N) is 3. The Kier molecular flexibility index (Phi) is 3.01. The van der Waals surface area contributed by atoms with Crippen molar-refractivity contribution in [2.75, 3.05) is 19.7 Å². The van der Waals surface area contributed by atoms with Crippen LogP contribution in [0, 0.1) is 0 Å². The Bertz CT molecular complexity index is 537. The predicted molar refractivity (Wildman–Crippen MR) is 69.3 cm³/mol. The predicted octanol–water partition coefficient (Wildman–Crippen LogP) is 1.74. The zero-order chi connectivity index (χ0) is 12.5. The molecule has 3 rings (SSSR count). The molecule has 2 aromatic heterocycles. The van der Waals surface area contributed by atoms with E-state index in [-0.39, 0.29) is 6.10 Å². The number of pyridine rings is 1. The average molecular weight is 246 g/mol. The Labute approximate surface area is 106 Å². The highest BCUT2D eigenvalue weighted by atomic mass is 16.5. The second-order valence-electron chi connectivity index (χ2n) is 4.96. The van der Waals surface area contributed by atoms with Gasteiger partial charge < -0.3 is 4.74 Å². The monoisotopic (exact) mass is 246 g/mol. The van der Waals surface area contributed by atoms with Crippen LogP contribution >= 0.6 is 0 Å². The van der Waals surface area contributed by atoms with Gasteiger partial charge in [-0.2, -0.15) is 5.10 Å². The van der Waals surface area contributed by atoms with E-state index >= 15 is 0 Å². The van der Waals surface area contributed by atoms with Crippen LogP contribution in [0.25, 0.3) is 11.0 Å². The van der Waals surface area contributed by atoms with Gasteiger partial charge in [-0.05, 0) is 26.0 Å². The average Bonchev–Trinajstić information content (AvgIpc) is 2.82. The summed E-state index contributed by atoms with van der Waals surface area (Å²) in [5.74, 6) is 0. The fraction of sp³-hybridized carbons (Fsp3) is 0.538. The van der Waals surface area contributed by atoms with Crippen LogP contribution in [0.1, 0.15) is 25.6 Å². The molecular weight excluding hydrogens is 228 g/mol. The molecule has 3 heterocycles. The third-order valence-corrected chi connectivity index (χ3v) is 3.51. The highest BCUT2D eigenvalue weighted by Gasteiger charge is 2.26. The second-order valence-corrected chi connectivity index (χ2v) is 4.96. The maximum absolute atomic E-state index is 5.87. The van der Waals surface area contributed by atoms with Crippen molar-refractivity contribution in [2.45, 2.75) is 26.0 Å². The normalized spacial score (nSPS) is 21.8. The molecule has 0 aliphatic carbocycles. The number of fused-ring (bicyclic) bond motifs is 1. The number of rotatable bonds is 2. The summed E-state index contributed by atoms with van der Waals surface area (Å²) in [4.78, 5) is 6.67. The maximum atomic E-state index is 5.87. The first kappa shape index (κ1) is 11.6. The first-order chi connectivity index (χ1) is 8.75. The minimum Gasteiger partial charge on any atom is -0.369 e. The van der Waals surface area contributed by atoms with Crippen LogP contribution in [-0.4, -0.2) is 45.8 Å². The van der Waals surface area contributed by atoms with Gasteiger partial charge in [-0.25, -0.2) is 4.98 Å². The van der Waals surface area contributed by atoms with E-state index in [2.05, 4.69) is 33.9 Å². The zero-order valence-corrected chi connectivity index (χ0v) is 10.8. The Morgan fingerprint density at radius 1 is 1.50 bits per heavy atom. The molecule has 1 atom stereocenters. The SMILES string of the molecule is CC(C)N1CCOC(c2[nH]nc3ncccc23)C1. The van der Waals surface area contributed by atoms with E-state index in [0.717, 1.165) is 36.4 Å². The molecule has 1 aliphatic rings. The second kappa shape index (κ2) is 4.66. The van der Waals surface area contributed by atoms with Crippen molar-refractivity contribution in [3.63, 3.8) is 0 Å². The fourth-order valence-corrected chi connectivity index (χ4v) is 2.43. The maximum Gasteiger partial charge on any atom is 0.181 e. The number of aromatic amines is 1. The van der Waals surface area contributed by atoms with Crippen molar-refractivity contribution in [3.05, 3.63) is 24.0 Å². The van der Waals surface area contributed by atoms with Gasteiger partial charge in [-0.1, -0.05) is 0 Å². The molecule has 96 valence electrons. The summed E-state index contributed by atoms with van der Waals surface area (Å²) in [5, 5.41) is 8.37. The standard InChI is InChI=1S/C13H18N4O/c1-9(2)17-6-7-18-11(8-17)12-10-4-3-5-14-13(10)16-15-12/h3-5,9,11H,6-8H2,1-2H3,(H,14,15,16). The number of aromatic nitrogens is 3. The Morgan fingerprint density at radius 2 is 2.39 bits per heavy atom. The van der Waals surface area contributed by atoms with Crippen LogP contribution in [0.4, 0.5) is 0 Å². The molecule has 18 heavy (non-hydrogen) atoms. The van der Waals surface area contributed by atoms with Crippen molar-refractivity contribution in [3.8, 4) is 0 Å². The third-order valence-electron chi connectivity index (χ3n) is 3.51. The minimum atomic E-state index is 0.0651. The topological polar surface area (TPSA) is 54.0 Å². The van der Waals surface area contributed by atoms with Crippen LogP contribution in [0.5, 0.6) is 0 Å². The lowest BCUT2D eigenvalue weighted by Crippen LogP contribution is -2.42. The number of morpholine rings is 1. The van der Waals surface area contributed by atoms with Gasteiger partial charge in [-0.3, -0.25) is 10.00 Å².